The highest BCUT2D eigenvalue weighted by atomic mass is 32.2. The van der Waals surface area contributed by atoms with E-state index in [1.165, 1.54) is 11.8 Å². The highest BCUT2D eigenvalue weighted by Gasteiger charge is 2.28. The average Bonchev–Trinajstić information content (AvgIpc) is 2.96. The van der Waals surface area contributed by atoms with Crippen LogP contribution >= 0.6 is 11.8 Å². The minimum Gasteiger partial charge on any atom is -0.506 e. The minimum atomic E-state index is -0.471. The topological polar surface area (TPSA) is 50.4 Å². The lowest BCUT2D eigenvalue weighted by Gasteiger charge is -2.07. The highest BCUT2D eigenvalue weighted by Crippen LogP contribution is 2.44. The van der Waals surface area contributed by atoms with Gasteiger partial charge in [0.25, 0.3) is 0 Å². The molecule has 0 radical (unpaired) electrons. The van der Waals surface area contributed by atoms with Gasteiger partial charge in [-0.3, -0.25) is 0 Å². The number of rotatable bonds is 3. The molecule has 3 nitrogen and oxygen atoms in total. The van der Waals surface area contributed by atoms with Crippen LogP contribution in [-0.2, 0) is 12.2 Å². The summed E-state index contributed by atoms with van der Waals surface area (Å²) in [5.41, 5.74) is 4.52. The molecule has 120 valence electrons. The quantitative estimate of drug-likeness (QED) is 0.559. The third kappa shape index (κ3) is 2.43. The number of aryl methyl sites for hydroxylation is 1. The van der Waals surface area contributed by atoms with Gasteiger partial charge in [-0.05, 0) is 23.6 Å². The summed E-state index contributed by atoms with van der Waals surface area (Å²) in [7, 11) is 0. The molecular formula is C20H16O3S. The van der Waals surface area contributed by atoms with E-state index in [1.54, 1.807) is 0 Å². The van der Waals surface area contributed by atoms with E-state index in [1.807, 2.05) is 55.5 Å². The Morgan fingerprint density at radius 3 is 2.67 bits per heavy atom. The summed E-state index contributed by atoms with van der Waals surface area (Å²) in [6.07, 6.45) is 0.603. The third-order valence-electron chi connectivity index (χ3n) is 4.39. The molecule has 0 fully saturated rings. The maximum atomic E-state index is 12.4. The molecule has 1 aliphatic carbocycles. The first-order valence-corrected chi connectivity index (χ1v) is 8.78. The van der Waals surface area contributed by atoms with Crippen LogP contribution in [0, 0.1) is 6.92 Å². The Bertz CT molecular complexity index is 974. The van der Waals surface area contributed by atoms with Crippen LogP contribution in [0.25, 0.3) is 11.3 Å². The van der Waals surface area contributed by atoms with Crippen LogP contribution in [-0.4, -0.2) is 5.11 Å². The molecule has 0 unspecified atom stereocenters. The Hall–Kier alpha value is -2.46. The summed E-state index contributed by atoms with van der Waals surface area (Å²) >= 11 is 1.32. The van der Waals surface area contributed by atoms with Crippen LogP contribution in [0.15, 0.2) is 62.6 Å². The Balaban J connectivity index is 1.73. The standard InChI is InChI=1S/C20H16O3S/c1-12-6-5-9-14-15(12)10-16-17(21)19(20(22)23-18(14)16)24-11-13-7-3-2-4-8-13/h2-9,21H,10-11H2,1H3. The van der Waals surface area contributed by atoms with Crippen molar-refractivity contribution in [2.45, 2.75) is 24.0 Å². The van der Waals surface area contributed by atoms with Crippen molar-refractivity contribution in [1.82, 2.24) is 0 Å². The zero-order valence-corrected chi connectivity index (χ0v) is 14.0. The summed E-state index contributed by atoms with van der Waals surface area (Å²) in [6.45, 7) is 2.03. The minimum absolute atomic E-state index is 0.0674. The normalized spacial score (nSPS) is 12.0. The first kappa shape index (κ1) is 15.1. The first-order chi connectivity index (χ1) is 11.6. The van der Waals surface area contributed by atoms with Gasteiger partial charge < -0.3 is 9.52 Å². The molecule has 0 spiro atoms. The summed E-state index contributed by atoms with van der Waals surface area (Å²) < 4.78 is 5.57. The van der Waals surface area contributed by atoms with Gasteiger partial charge in [-0.15, -0.1) is 11.8 Å². The van der Waals surface area contributed by atoms with Gasteiger partial charge in [-0.25, -0.2) is 4.79 Å². The molecule has 3 aromatic rings. The van der Waals surface area contributed by atoms with Crippen molar-refractivity contribution in [3.63, 3.8) is 0 Å². The van der Waals surface area contributed by atoms with Crippen molar-refractivity contribution < 1.29 is 9.52 Å². The van der Waals surface area contributed by atoms with Crippen LogP contribution in [0.1, 0.15) is 22.3 Å². The SMILES string of the molecule is Cc1cccc2c1Cc1c-2oc(=O)c(SCc2ccccc2)c1O. The van der Waals surface area contributed by atoms with E-state index in [0.29, 0.717) is 22.8 Å². The molecule has 1 heterocycles. The Morgan fingerprint density at radius 1 is 1.08 bits per heavy atom. The molecule has 1 N–H and O–H groups in total. The fraction of sp³-hybridized carbons (Fsp3) is 0.150. The molecule has 0 saturated heterocycles. The average molecular weight is 336 g/mol. The van der Waals surface area contributed by atoms with Crippen molar-refractivity contribution in [3.05, 3.63) is 81.2 Å². The Labute approximate surface area is 144 Å². The molecule has 0 atom stereocenters. The van der Waals surface area contributed by atoms with E-state index < -0.39 is 5.63 Å². The molecular weight excluding hydrogens is 320 g/mol. The smallest absolute Gasteiger partial charge is 0.353 e. The van der Waals surface area contributed by atoms with Gasteiger partial charge in [0.2, 0.25) is 0 Å². The number of fused-ring (bicyclic) bond motifs is 3. The van der Waals surface area contributed by atoms with E-state index in [-0.39, 0.29) is 5.75 Å². The molecule has 0 bridgehead atoms. The third-order valence-corrected chi connectivity index (χ3v) is 5.52. The largest absolute Gasteiger partial charge is 0.506 e. The molecule has 4 rings (SSSR count). The maximum absolute atomic E-state index is 12.4. The molecule has 1 aliphatic rings. The van der Waals surface area contributed by atoms with E-state index >= 15 is 0 Å². The van der Waals surface area contributed by atoms with E-state index in [2.05, 4.69) is 0 Å². The molecule has 1 aromatic heterocycles. The number of thioether (sulfide) groups is 1. The predicted octanol–water partition coefficient (Wildman–Crippen LogP) is 4.52. The molecule has 0 amide bonds. The molecule has 0 saturated carbocycles. The monoisotopic (exact) mass is 336 g/mol. The second-order valence-electron chi connectivity index (χ2n) is 5.93. The van der Waals surface area contributed by atoms with Crippen LogP contribution in [0.3, 0.4) is 0 Å². The van der Waals surface area contributed by atoms with E-state index in [4.69, 9.17) is 4.42 Å². The number of aromatic hydroxyl groups is 1. The lowest BCUT2D eigenvalue weighted by molar-refractivity contribution is 0.424. The van der Waals surface area contributed by atoms with Crippen LogP contribution in [0.2, 0.25) is 0 Å². The number of hydrogen-bond acceptors (Lipinski definition) is 4. The van der Waals surface area contributed by atoms with Crippen molar-refractivity contribution in [2.75, 3.05) is 0 Å². The van der Waals surface area contributed by atoms with Gasteiger partial charge in [0.05, 0.1) is 0 Å². The van der Waals surface area contributed by atoms with Crippen LogP contribution in [0.5, 0.6) is 5.75 Å². The molecule has 0 aliphatic heterocycles. The predicted molar refractivity (Wildman–Crippen MR) is 95.6 cm³/mol. The van der Waals surface area contributed by atoms with Gasteiger partial charge in [-0.2, -0.15) is 0 Å². The van der Waals surface area contributed by atoms with Gasteiger partial charge in [0.1, 0.15) is 16.4 Å². The number of benzene rings is 2. The van der Waals surface area contributed by atoms with Crippen molar-refractivity contribution in [1.29, 1.82) is 0 Å². The van der Waals surface area contributed by atoms with Crippen LogP contribution < -0.4 is 5.63 Å². The van der Waals surface area contributed by atoms with Gasteiger partial charge in [0, 0.05) is 23.3 Å². The van der Waals surface area contributed by atoms with Crippen molar-refractivity contribution in [3.8, 4) is 17.1 Å². The molecule has 24 heavy (non-hydrogen) atoms. The van der Waals surface area contributed by atoms with Crippen LogP contribution in [0.4, 0.5) is 0 Å². The van der Waals surface area contributed by atoms with Gasteiger partial charge in [0.15, 0.2) is 0 Å². The van der Waals surface area contributed by atoms with Gasteiger partial charge in [-0.1, -0.05) is 48.5 Å². The fourth-order valence-electron chi connectivity index (χ4n) is 3.11. The zero-order chi connectivity index (χ0) is 16.7. The second-order valence-corrected chi connectivity index (χ2v) is 6.91. The fourth-order valence-corrected chi connectivity index (χ4v) is 4.03. The van der Waals surface area contributed by atoms with E-state index in [0.717, 1.165) is 27.8 Å². The summed E-state index contributed by atoms with van der Waals surface area (Å²) in [5, 5.41) is 10.7. The second kappa shape index (κ2) is 5.87. The van der Waals surface area contributed by atoms with Crippen molar-refractivity contribution >= 4 is 11.8 Å². The highest BCUT2D eigenvalue weighted by molar-refractivity contribution is 7.98. The Morgan fingerprint density at radius 2 is 1.88 bits per heavy atom. The van der Waals surface area contributed by atoms with Crippen molar-refractivity contribution in [2.24, 2.45) is 0 Å². The van der Waals surface area contributed by atoms with E-state index in [9.17, 15) is 9.90 Å². The summed E-state index contributed by atoms with van der Waals surface area (Å²) in [6, 6.07) is 15.8. The first-order valence-electron chi connectivity index (χ1n) is 7.79. The maximum Gasteiger partial charge on any atom is 0.353 e. The lowest BCUT2D eigenvalue weighted by atomic mass is 10.0. The van der Waals surface area contributed by atoms with Gasteiger partial charge >= 0.3 is 5.63 Å². The summed E-state index contributed by atoms with van der Waals surface area (Å²) in [5.74, 6) is 1.20. The number of hydrogen-bond donors (Lipinski definition) is 1. The molecule has 2 aromatic carbocycles. The molecule has 4 heteroatoms. The Kier molecular flexibility index (Phi) is 3.69. The lowest BCUT2D eigenvalue weighted by Crippen LogP contribution is -2.04. The summed E-state index contributed by atoms with van der Waals surface area (Å²) in [4.78, 5) is 12.7. The zero-order valence-electron chi connectivity index (χ0n) is 13.2.